The van der Waals surface area contributed by atoms with Crippen LogP contribution in [0.5, 0.6) is 0 Å². The van der Waals surface area contributed by atoms with Gasteiger partial charge in [-0.15, -0.1) is 0 Å². The fourth-order valence-electron chi connectivity index (χ4n) is 4.03. The third-order valence-electron chi connectivity index (χ3n) is 5.43. The first-order valence-corrected chi connectivity index (χ1v) is 9.21. The van der Waals surface area contributed by atoms with Gasteiger partial charge in [0.25, 0.3) is 5.91 Å². The second kappa shape index (κ2) is 6.92. The van der Waals surface area contributed by atoms with Gasteiger partial charge >= 0.3 is 0 Å². The van der Waals surface area contributed by atoms with Crippen LogP contribution < -0.4 is 14.7 Å². The first-order valence-electron chi connectivity index (χ1n) is 9.21. The number of aryl methyl sites for hydroxylation is 1. The number of piperazine rings is 1. The minimum atomic E-state index is -0.249. The molecule has 134 valence electrons. The molecule has 2 amide bonds. The molecule has 2 aromatic rings. The predicted octanol–water partition coefficient (Wildman–Crippen LogP) is 1.03. The van der Waals surface area contributed by atoms with Gasteiger partial charge in [-0.1, -0.05) is 30.3 Å². The number of carbonyl (C=O) groups is 2. The van der Waals surface area contributed by atoms with Crippen LogP contribution in [-0.4, -0.2) is 44.0 Å². The summed E-state index contributed by atoms with van der Waals surface area (Å²) in [6.07, 6.45) is 0.313. The van der Waals surface area contributed by atoms with Gasteiger partial charge in [0.15, 0.2) is 6.04 Å². The first kappa shape index (κ1) is 16.8. The van der Waals surface area contributed by atoms with Gasteiger partial charge in [-0.3, -0.25) is 9.59 Å². The highest BCUT2D eigenvalue weighted by molar-refractivity contribution is 6.21. The molecule has 0 bridgehead atoms. The van der Waals surface area contributed by atoms with Crippen molar-refractivity contribution in [2.45, 2.75) is 19.4 Å². The van der Waals surface area contributed by atoms with Crippen LogP contribution in [0, 0.1) is 6.92 Å². The van der Waals surface area contributed by atoms with Crippen LogP contribution in [0.2, 0.25) is 0 Å². The van der Waals surface area contributed by atoms with Gasteiger partial charge in [0.2, 0.25) is 5.91 Å². The van der Waals surface area contributed by atoms with E-state index in [1.54, 1.807) is 0 Å². The minimum Gasteiger partial charge on any atom is -0.360 e. The summed E-state index contributed by atoms with van der Waals surface area (Å²) in [5.74, 6) is -0.132. The molecule has 2 saturated heterocycles. The Morgan fingerprint density at radius 1 is 0.923 bits per heavy atom. The molecule has 26 heavy (non-hydrogen) atoms. The van der Waals surface area contributed by atoms with Gasteiger partial charge < -0.3 is 9.80 Å². The molecule has 1 atom stereocenters. The van der Waals surface area contributed by atoms with Crippen molar-refractivity contribution in [2.75, 3.05) is 36.0 Å². The zero-order valence-corrected chi connectivity index (χ0v) is 15.0. The third-order valence-corrected chi connectivity index (χ3v) is 5.43. The number of amides is 2. The topological polar surface area (TPSA) is 45.1 Å². The number of benzene rings is 2. The molecule has 2 aliphatic heterocycles. The van der Waals surface area contributed by atoms with Crippen molar-refractivity contribution in [3.05, 3.63) is 60.2 Å². The second-order valence-corrected chi connectivity index (χ2v) is 7.14. The predicted molar refractivity (Wildman–Crippen MR) is 101 cm³/mol. The number of hydrogen-bond donors (Lipinski definition) is 1. The van der Waals surface area contributed by atoms with Crippen molar-refractivity contribution in [1.29, 1.82) is 0 Å². The summed E-state index contributed by atoms with van der Waals surface area (Å²) in [6, 6.07) is 17.7. The van der Waals surface area contributed by atoms with Crippen LogP contribution in [0.25, 0.3) is 0 Å². The molecular weight excluding hydrogens is 326 g/mol. The lowest BCUT2D eigenvalue weighted by molar-refractivity contribution is -0.915. The quantitative estimate of drug-likeness (QED) is 0.841. The Morgan fingerprint density at radius 3 is 2.31 bits per heavy atom. The number of quaternary nitrogens is 1. The lowest BCUT2D eigenvalue weighted by Crippen LogP contribution is -3.19. The number of imide groups is 1. The normalized spacial score (nSPS) is 21.5. The molecule has 0 radical (unpaired) electrons. The SMILES string of the molecule is Cc1cccc(N2C(=O)C[C@@H]([NH+]3CCN(c4ccccc4)CC3)C2=O)c1. The molecule has 0 spiro atoms. The van der Waals surface area contributed by atoms with E-state index in [1.165, 1.54) is 15.5 Å². The smallest absolute Gasteiger partial charge is 0.292 e. The van der Waals surface area contributed by atoms with Crippen molar-refractivity contribution < 1.29 is 14.5 Å². The van der Waals surface area contributed by atoms with Crippen molar-refractivity contribution >= 4 is 23.2 Å². The van der Waals surface area contributed by atoms with Crippen LogP contribution in [0.3, 0.4) is 0 Å². The van der Waals surface area contributed by atoms with Crippen molar-refractivity contribution in [1.82, 2.24) is 0 Å². The maximum absolute atomic E-state index is 12.9. The summed E-state index contributed by atoms with van der Waals surface area (Å²) in [4.78, 5) is 30.4. The molecule has 0 unspecified atom stereocenters. The molecule has 0 aliphatic carbocycles. The number of para-hydroxylation sites is 1. The summed E-state index contributed by atoms with van der Waals surface area (Å²) in [6.45, 7) is 5.53. The van der Waals surface area contributed by atoms with Gasteiger partial charge in [0.1, 0.15) is 0 Å². The Hall–Kier alpha value is -2.66. The van der Waals surface area contributed by atoms with E-state index < -0.39 is 0 Å². The number of hydrogen-bond acceptors (Lipinski definition) is 3. The van der Waals surface area contributed by atoms with E-state index in [9.17, 15) is 9.59 Å². The maximum atomic E-state index is 12.9. The number of nitrogens with one attached hydrogen (secondary N) is 1. The first-order chi connectivity index (χ1) is 12.6. The van der Waals surface area contributed by atoms with E-state index in [1.807, 2.05) is 49.4 Å². The zero-order valence-electron chi connectivity index (χ0n) is 15.0. The van der Waals surface area contributed by atoms with E-state index in [2.05, 4.69) is 17.0 Å². The molecule has 2 heterocycles. The van der Waals surface area contributed by atoms with E-state index in [0.717, 1.165) is 31.7 Å². The molecule has 4 rings (SSSR count). The summed E-state index contributed by atoms with van der Waals surface area (Å²) in [5.41, 5.74) is 2.97. The van der Waals surface area contributed by atoms with Crippen molar-refractivity contribution in [3.63, 3.8) is 0 Å². The molecule has 0 saturated carbocycles. The third kappa shape index (κ3) is 3.10. The Bertz CT molecular complexity index is 813. The molecule has 2 aliphatic rings. The van der Waals surface area contributed by atoms with Gasteiger partial charge in [0, 0.05) is 5.69 Å². The second-order valence-electron chi connectivity index (χ2n) is 7.14. The van der Waals surface area contributed by atoms with Gasteiger partial charge in [-0.25, -0.2) is 4.90 Å². The van der Waals surface area contributed by atoms with E-state index >= 15 is 0 Å². The molecule has 5 heteroatoms. The maximum Gasteiger partial charge on any atom is 0.292 e. The van der Waals surface area contributed by atoms with Gasteiger partial charge in [-0.2, -0.15) is 0 Å². The standard InChI is InChI=1S/C21H23N3O2/c1-16-6-5-9-18(14-16)24-20(25)15-19(21(24)26)23-12-10-22(11-13-23)17-7-3-2-4-8-17/h2-9,14,19H,10-13,15H2,1H3/p+1/t19-/m1/s1. The zero-order chi connectivity index (χ0) is 18.1. The lowest BCUT2D eigenvalue weighted by atomic mass is 10.1. The Kier molecular flexibility index (Phi) is 4.47. The number of nitrogens with zero attached hydrogens (tertiary/aromatic N) is 2. The fraction of sp³-hybridized carbons (Fsp3) is 0.333. The molecule has 2 aromatic carbocycles. The number of anilines is 2. The van der Waals surface area contributed by atoms with Crippen molar-refractivity contribution in [2.24, 2.45) is 0 Å². The van der Waals surface area contributed by atoms with E-state index in [0.29, 0.717) is 12.1 Å². The Balaban J connectivity index is 1.45. The molecule has 2 fully saturated rings. The number of rotatable bonds is 3. The molecule has 1 N–H and O–H groups in total. The average Bonchev–Trinajstić information content (AvgIpc) is 2.97. The molecule has 5 nitrogen and oxygen atoms in total. The van der Waals surface area contributed by atoms with Crippen LogP contribution in [0.4, 0.5) is 11.4 Å². The highest BCUT2D eigenvalue weighted by Crippen LogP contribution is 2.23. The summed E-state index contributed by atoms with van der Waals surface area (Å²) < 4.78 is 0. The lowest BCUT2D eigenvalue weighted by Gasteiger charge is -2.35. The molecular formula is C21H24N3O2+. The highest BCUT2D eigenvalue weighted by atomic mass is 16.2. The number of carbonyl (C=O) groups excluding carboxylic acids is 2. The van der Waals surface area contributed by atoms with Gasteiger partial charge in [-0.05, 0) is 36.8 Å². The van der Waals surface area contributed by atoms with Crippen LogP contribution in [0.15, 0.2) is 54.6 Å². The van der Waals surface area contributed by atoms with Crippen LogP contribution >= 0.6 is 0 Å². The summed E-state index contributed by atoms with van der Waals surface area (Å²) >= 11 is 0. The van der Waals surface area contributed by atoms with Crippen LogP contribution in [0.1, 0.15) is 12.0 Å². The van der Waals surface area contributed by atoms with Gasteiger partial charge in [0.05, 0.1) is 38.3 Å². The fourth-order valence-corrected chi connectivity index (χ4v) is 4.03. The minimum absolute atomic E-state index is 0.0521. The molecule has 0 aromatic heterocycles. The monoisotopic (exact) mass is 350 g/mol. The van der Waals surface area contributed by atoms with E-state index in [4.69, 9.17) is 0 Å². The summed E-state index contributed by atoms with van der Waals surface area (Å²) in [5, 5.41) is 0. The average molecular weight is 350 g/mol. The largest absolute Gasteiger partial charge is 0.360 e. The Labute approximate surface area is 153 Å². The highest BCUT2D eigenvalue weighted by Gasteiger charge is 2.46. The van der Waals surface area contributed by atoms with Crippen LogP contribution in [-0.2, 0) is 9.59 Å². The Morgan fingerprint density at radius 2 is 1.62 bits per heavy atom. The summed E-state index contributed by atoms with van der Waals surface area (Å²) in [7, 11) is 0. The van der Waals surface area contributed by atoms with E-state index in [-0.39, 0.29) is 17.9 Å². The van der Waals surface area contributed by atoms with Crippen molar-refractivity contribution in [3.8, 4) is 0 Å².